The fourth-order valence-corrected chi connectivity index (χ4v) is 2.11. The molecule has 0 aliphatic heterocycles. The van der Waals surface area contributed by atoms with E-state index in [0.717, 1.165) is 18.6 Å². The summed E-state index contributed by atoms with van der Waals surface area (Å²) in [5.41, 5.74) is 0. The molecular weight excluding hydrogens is 174 g/mol. The third kappa shape index (κ3) is 2.86. The van der Waals surface area contributed by atoms with Crippen molar-refractivity contribution in [3.63, 3.8) is 0 Å². The van der Waals surface area contributed by atoms with Gasteiger partial charge in [0.05, 0.1) is 0 Å². The molecule has 2 nitrogen and oxygen atoms in total. The van der Waals surface area contributed by atoms with Crippen LogP contribution in [-0.2, 0) is 4.84 Å². The van der Waals surface area contributed by atoms with Crippen molar-refractivity contribution in [2.75, 3.05) is 0 Å². The average Bonchev–Trinajstić information content (AvgIpc) is 2.72. The van der Waals surface area contributed by atoms with Crippen molar-refractivity contribution >= 4 is 6.21 Å². The maximum Gasteiger partial charge on any atom is 0.131 e. The van der Waals surface area contributed by atoms with Crippen LogP contribution in [0.15, 0.2) is 17.0 Å². The Labute approximate surface area is 86.0 Å². The number of hydrogen-bond donors (Lipinski definition) is 0. The molecule has 1 saturated carbocycles. The van der Waals surface area contributed by atoms with Crippen molar-refractivity contribution < 1.29 is 4.84 Å². The second-order valence-electron chi connectivity index (χ2n) is 4.21. The maximum atomic E-state index is 5.32. The fourth-order valence-electron chi connectivity index (χ4n) is 2.11. The highest BCUT2D eigenvalue weighted by Crippen LogP contribution is 2.23. The average molecular weight is 192 g/mol. The van der Waals surface area contributed by atoms with E-state index >= 15 is 0 Å². The lowest BCUT2D eigenvalue weighted by Gasteiger charge is -2.09. The first-order chi connectivity index (χ1) is 6.95. The predicted octanol–water partition coefficient (Wildman–Crippen LogP) is 3.51. The van der Waals surface area contributed by atoms with Gasteiger partial charge in [0, 0.05) is 12.3 Å². The molecule has 0 amide bonds. The zero-order valence-electron chi connectivity index (χ0n) is 8.67. The Hall–Kier alpha value is -0.790. The molecule has 2 heteroatoms. The molecule has 0 saturated heterocycles. The Kier molecular flexibility index (Phi) is 3.61. The highest BCUT2D eigenvalue weighted by Gasteiger charge is 2.13. The molecule has 14 heavy (non-hydrogen) atoms. The van der Waals surface area contributed by atoms with Gasteiger partial charge in [-0.1, -0.05) is 18.0 Å². The quantitative estimate of drug-likeness (QED) is 0.495. The molecule has 1 radical (unpaired) electrons. The van der Waals surface area contributed by atoms with E-state index in [1.54, 1.807) is 0 Å². The molecular formula is C12H18NO. The van der Waals surface area contributed by atoms with Crippen LogP contribution in [0.25, 0.3) is 0 Å². The number of allylic oxidation sites excluding steroid dienone is 2. The summed E-state index contributed by atoms with van der Waals surface area (Å²) in [6, 6.07) is 0. The lowest BCUT2D eigenvalue weighted by molar-refractivity contribution is 0.208. The van der Waals surface area contributed by atoms with Crippen molar-refractivity contribution in [1.29, 1.82) is 0 Å². The van der Waals surface area contributed by atoms with Crippen LogP contribution < -0.4 is 0 Å². The van der Waals surface area contributed by atoms with Crippen LogP contribution >= 0.6 is 0 Å². The molecule has 1 fully saturated rings. The minimum atomic E-state index is 0.555. The largest absolute Gasteiger partial charge is 0.361 e. The van der Waals surface area contributed by atoms with Gasteiger partial charge in [0.25, 0.3) is 0 Å². The van der Waals surface area contributed by atoms with Crippen molar-refractivity contribution in [2.24, 2.45) is 11.1 Å². The molecule has 0 heterocycles. The Balaban J connectivity index is 1.72. The van der Waals surface area contributed by atoms with Gasteiger partial charge in [-0.25, -0.2) is 0 Å². The molecule has 0 unspecified atom stereocenters. The Bertz CT molecular complexity index is 226. The molecule has 0 N–H and O–H groups in total. The van der Waals surface area contributed by atoms with Gasteiger partial charge in [-0.2, -0.15) is 0 Å². The minimum Gasteiger partial charge on any atom is -0.361 e. The number of hydrogen-bond acceptors (Lipinski definition) is 2. The Morgan fingerprint density at radius 2 is 2.07 bits per heavy atom. The van der Waals surface area contributed by atoms with Gasteiger partial charge in [-0.3, -0.25) is 0 Å². The predicted molar refractivity (Wildman–Crippen MR) is 57.0 cm³/mol. The molecule has 2 rings (SSSR count). The fraction of sp³-hybridized carbons (Fsp3) is 0.750. The standard InChI is InChI=1S/C12H18NO/c1-2-8-12(9-3-1)14-13-10-11-6-4-5-7-11/h8,11H,1-7,9H2. The summed E-state index contributed by atoms with van der Waals surface area (Å²) >= 11 is 0. The molecule has 2 aliphatic rings. The van der Waals surface area contributed by atoms with E-state index < -0.39 is 0 Å². The Morgan fingerprint density at radius 3 is 2.79 bits per heavy atom. The van der Waals surface area contributed by atoms with Crippen molar-refractivity contribution in [2.45, 2.75) is 51.4 Å². The summed E-state index contributed by atoms with van der Waals surface area (Å²) in [7, 11) is 0. The summed E-state index contributed by atoms with van der Waals surface area (Å²) in [5, 5.41) is 3.96. The van der Waals surface area contributed by atoms with Gasteiger partial charge in [-0.15, -0.1) is 0 Å². The van der Waals surface area contributed by atoms with E-state index in [4.69, 9.17) is 4.84 Å². The molecule has 0 aromatic heterocycles. The summed E-state index contributed by atoms with van der Waals surface area (Å²) in [4.78, 5) is 5.32. The van der Waals surface area contributed by atoms with E-state index in [2.05, 4.69) is 17.4 Å². The van der Waals surface area contributed by atoms with Gasteiger partial charge in [0.2, 0.25) is 0 Å². The first-order valence-electron chi connectivity index (χ1n) is 5.77. The third-order valence-corrected chi connectivity index (χ3v) is 3.00. The van der Waals surface area contributed by atoms with Crippen LogP contribution in [0.4, 0.5) is 0 Å². The molecule has 77 valence electrons. The molecule has 2 aliphatic carbocycles. The highest BCUT2D eigenvalue weighted by atomic mass is 16.6. The zero-order valence-corrected chi connectivity index (χ0v) is 8.67. The van der Waals surface area contributed by atoms with E-state index in [-0.39, 0.29) is 0 Å². The smallest absolute Gasteiger partial charge is 0.131 e. The van der Waals surface area contributed by atoms with Crippen LogP contribution in [0.3, 0.4) is 0 Å². The highest BCUT2D eigenvalue weighted by molar-refractivity contribution is 5.60. The summed E-state index contributed by atoms with van der Waals surface area (Å²) in [6.45, 7) is 0. The van der Waals surface area contributed by atoms with Crippen LogP contribution in [0.2, 0.25) is 0 Å². The van der Waals surface area contributed by atoms with Crippen molar-refractivity contribution in [3.05, 3.63) is 11.8 Å². The first kappa shape index (κ1) is 9.75. The Morgan fingerprint density at radius 1 is 1.21 bits per heavy atom. The SMILES string of the molecule is [C](=N\OC1=CCCCC1)/C1CCCC1. The number of rotatable bonds is 3. The van der Waals surface area contributed by atoms with Crippen LogP contribution in [0.1, 0.15) is 51.4 Å². The molecule has 0 aromatic rings. The lowest BCUT2D eigenvalue weighted by Crippen LogP contribution is -1.97. The van der Waals surface area contributed by atoms with Crippen LogP contribution in [-0.4, -0.2) is 6.21 Å². The second kappa shape index (κ2) is 5.18. The van der Waals surface area contributed by atoms with Gasteiger partial charge < -0.3 is 4.84 Å². The summed E-state index contributed by atoms with van der Waals surface area (Å²) in [5.74, 6) is 1.60. The topological polar surface area (TPSA) is 21.6 Å². The van der Waals surface area contributed by atoms with Gasteiger partial charge in [0.15, 0.2) is 0 Å². The van der Waals surface area contributed by atoms with E-state index in [9.17, 15) is 0 Å². The van der Waals surface area contributed by atoms with Crippen LogP contribution in [0, 0.1) is 5.92 Å². The minimum absolute atomic E-state index is 0.555. The lowest BCUT2D eigenvalue weighted by atomic mass is 10.1. The summed E-state index contributed by atoms with van der Waals surface area (Å²) < 4.78 is 0. The van der Waals surface area contributed by atoms with Crippen LogP contribution in [0.5, 0.6) is 0 Å². The van der Waals surface area contributed by atoms with Gasteiger partial charge in [-0.05, 0) is 38.2 Å². The van der Waals surface area contributed by atoms with Crippen molar-refractivity contribution in [3.8, 4) is 0 Å². The normalized spacial score (nSPS) is 24.1. The summed E-state index contributed by atoms with van der Waals surface area (Å²) in [6.07, 6.45) is 15.1. The van der Waals surface area contributed by atoms with E-state index in [1.807, 2.05) is 0 Å². The van der Waals surface area contributed by atoms with Gasteiger partial charge in [0.1, 0.15) is 12.0 Å². The first-order valence-corrected chi connectivity index (χ1v) is 5.77. The molecule has 0 spiro atoms. The monoisotopic (exact) mass is 192 g/mol. The molecule has 0 atom stereocenters. The van der Waals surface area contributed by atoms with E-state index in [1.165, 1.54) is 38.5 Å². The van der Waals surface area contributed by atoms with Gasteiger partial charge >= 0.3 is 0 Å². The van der Waals surface area contributed by atoms with Crippen molar-refractivity contribution in [1.82, 2.24) is 0 Å². The molecule has 0 aromatic carbocycles. The number of nitrogens with zero attached hydrogens (tertiary/aromatic N) is 1. The second-order valence-corrected chi connectivity index (χ2v) is 4.21. The molecule has 0 bridgehead atoms. The zero-order chi connectivity index (χ0) is 9.64. The maximum absolute atomic E-state index is 5.32. The van der Waals surface area contributed by atoms with E-state index in [0.29, 0.717) is 5.92 Å². The third-order valence-electron chi connectivity index (χ3n) is 3.00.